The molecule has 1 saturated heterocycles. The van der Waals surface area contributed by atoms with Crippen LogP contribution in [0.3, 0.4) is 0 Å². The number of halogens is 1. The van der Waals surface area contributed by atoms with E-state index >= 15 is 0 Å². The first-order valence-corrected chi connectivity index (χ1v) is 7.33. The van der Waals surface area contributed by atoms with Gasteiger partial charge >= 0.3 is 0 Å². The number of aliphatic hydroxyl groups is 1. The van der Waals surface area contributed by atoms with Crippen molar-refractivity contribution in [2.75, 3.05) is 13.1 Å². The van der Waals surface area contributed by atoms with Gasteiger partial charge in [0.1, 0.15) is 0 Å². The lowest BCUT2D eigenvalue weighted by Crippen LogP contribution is -2.45. The molecule has 0 aromatic heterocycles. The van der Waals surface area contributed by atoms with Crippen LogP contribution in [0.2, 0.25) is 0 Å². The van der Waals surface area contributed by atoms with Crippen molar-refractivity contribution >= 4 is 22.6 Å². The Morgan fingerprint density at radius 3 is 2.71 bits per heavy atom. The van der Waals surface area contributed by atoms with Crippen LogP contribution in [0.1, 0.15) is 25.3 Å². The number of hydrogen-bond donors (Lipinski definition) is 2. The van der Waals surface area contributed by atoms with Gasteiger partial charge in [-0.2, -0.15) is 0 Å². The molecule has 17 heavy (non-hydrogen) atoms. The molecule has 1 aliphatic rings. The molecule has 2 N–H and O–H groups in total. The van der Waals surface area contributed by atoms with E-state index in [1.165, 1.54) is 15.6 Å². The van der Waals surface area contributed by atoms with Gasteiger partial charge in [-0.1, -0.05) is 12.1 Å². The molecule has 0 radical (unpaired) electrons. The van der Waals surface area contributed by atoms with Crippen molar-refractivity contribution < 1.29 is 5.11 Å². The topological polar surface area (TPSA) is 32.3 Å². The van der Waals surface area contributed by atoms with Gasteiger partial charge in [0.2, 0.25) is 0 Å². The zero-order chi connectivity index (χ0) is 12.3. The molecular weight excluding hydrogens is 325 g/mol. The van der Waals surface area contributed by atoms with Gasteiger partial charge in [-0.25, -0.2) is 0 Å². The summed E-state index contributed by atoms with van der Waals surface area (Å²) in [5.74, 6) is 0.371. The summed E-state index contributed by atoms with van der Waals surface area (Å²) in [6.45, 7) is 4.01. The molecule has 94 valence electrons. The molecule has 0 bridgehead atoms. The standard InChI is InChI=1S/C14H20INO/c1-14(17,12-3-2-8-16-10-12)9-11-4-6-13(15)7-5-11/h4-7,12,16-17H,2-3,8-10H2,1H3. The second-order valence-corrected chi connectivity index (χ2v) is 6.45. The van der Waals surface area contributed by atoms with E-state index in [4.69, 9.17) is 0 Å². The van der Waals surface area contributed by atoms with Gasteiger partial charge < -0.3 is 10.4 Å². The fourth-order valence-corrected chi connectivity index (χ4v) is 2.90. The molecule has 1 fully saturated rings. The van der Waals surface area contributed by atoms with E-state index in [-0.39, 0.29) is 0 Å². The SMILES string of the molecule is CC(O)(Cc1ccc(I)cc1)C1CCCNC1. The van der Waals surface area contributed by atoms with Crippen molar-refractivity contribution in [3.63, 3.8) is 0 Å². The average molecular weight is 345 g/mol. The number of piperidine rings is 1. The first-order valence-electron chi connectivity index (χ1n) is 6.25. The molecule has 2 unspecified atom stereocenters. The number of benzene rings is 1. The minimum atomic E-state index is -0.597. The summed E-state index contributed by atoms with van der Waals surface area (Å²) in [5, 5.41) is 14.0. The first kappa shape index (κ1) is 13.3. The van der Waals surface area contributed by atoms with Crippen molar-refractivity contribution in [1.29, 1.82) is 0 Å². The lowest BCUT2D eigenvalue weighted by molar-refractivity contribution is -0.0102. The van der Waals surface area contributed by atoms with E-state index in [0.717, 1.165) is 25.9 Å². The van der Waals surface area contributed by atoms with Crippen molar-refractivity contribution in [3.8, 4) is 0 Å². The second kappa shape index (κ2) is 5.67. The summed E-state index contributed by atoms with van der Waals surface area (Å²) in [6, 6.07) is 8.44. The summed E-state index contributed by atoms with van der Waals surface area (Å²) in [6.07, 6.45) is 3.05. The predicted octanol–water partition coefficient (Wildman–Crippen LogP) is 2.58. The van der Waals surface area contributed by atoms with Crippen LogP contribution in [0.25, 0.3) is 0 Å². The fraction of sp³-hybridized carbons (Fsp3) is 0.571. The van der Waals surface area contributed by atoms with E-state index in [1.54, 1.807) is 0 Å². The van der Waals surface area contributed by atoms with Gasteiger partial charge in [0.05, 0.1) is 5.60 Å². The van der Waals surface area contributed by atoms with Gasteiger partial charge in [0.25, 0.3) is 0 Å². The van der Waals surface area contributed by atoms with Crippen molar-refractivity contribution in [1.82, 2.24) is 5.32 Å². The van der Waals surface area contributed by atoms with Crippen LogP contribution in [0.4, 0.5) is 0 Å². The lowest BCUT2D eigenvalue weighted by Gasteiger charge is -2.36. The Bertz CT molecular complexity index is 355. The minimum absolute atomic E-state index is 0.371. The maximum Gasteiger partial charge on any atom is 0.0700 e. The molecule has 0 amide bonds. The van der Waals surface area contributed by atoms with Gasteiger partial charge in [0.15, 0.2) is 0 Å². The first-order chi connectivity index (χ1) is 8.08. The predicted molar refractivity (Wildman–Crippen MR) is 79.1 cm³/mol. The average Bonchev–Trinajstić information content (AvgIpc) is 2.33. The smallest absolute Gasteiger partial charge is 0.0700 e. The molecule has 0 aliphatic carbocycles. The Morgan fingerprint density at radius 2 is 2.12 bits per heavy atom. The van der Waals surface area contributed by atoms with Crippen LogP contribution >= 0.6 is 22.6 Å². The summed E-state index contributed by atoms with van der Waals surface area (Å²) >= 11 is 2.30. The minimum Gasteiger partial charge on any atom is -0.389 e. The van der Waals surface area contributed by atoms with Crippen LogP contribution < -0.4 is 5.32 Å². The Hall–Kier alpha value is -0.130. The molecule has 2 rings (SSSR count). The Balaban J connectivity index is 2.02. The van der Waals surface area contributed by atoms with Crippen molar-refractivity contribution in [2.24, 2.45) is 5.92 Å². The molecule has 0 saturated carbocycles. The number of hydrogen-bond acceptors (Lipinski definition) is 2. The van der Waals surface area contributed by atoms with Gasteiger partial charge in [-0.15, -0.1) is 0 Å². The van der Waals surface area contributed by atoms with Gasteiger partial charge in [0, 0.05) is 22.5 Å². The highest BCUT2D eigenvalue weighted by molar-refractivity contribution is 14.1. The monoisotopic (exact) mass is 345 g/mol. The fourth-order valence-electron chi connectivity index (χ4n) is 2.54. The lowest BCUT2D eigenvalue weighted by atomic mass is 9.79. The van der Waals surface area contributed by atoms with E-state index in [9.17, 15) is 5.11 Å². The Labute approximate surface area is 117 Å². The largest absolute Gasteiger partial charge is 0.389 e. The second-order valence-electron chi connectivity index (χ2n) is 5.20. The van der Waals surface area contributed by atoms with Crippen LogP contribution in [0, 0.1) is 9.49 Å². The Kier molecular flexibility index (Phi) is 4.44. The molecule has 1 heterocycles. The normalized spacial score (nSPS) is 24.3. The third kappa shape index (κ3) is 3.66. The molecular formula is C14H20INO. The third-order valence-electron chi connectivity index (χ3n) is 3.65. The van der Waals surface area contributed by atoms with Crippen LogP contribution in [0.5, 0.6) is 0 Å². The van der Waals surface area contributed by atoms with E-state index in [2.05, 4.69) is 52.2 Å². The summed E-state index contributed by atoms with van der Waals surface area (Å²) in [7, 11) is 0. The maximum atomic E-state index is 10.6. The van der Waals surface area contributed by atoms with E-state index in [0.29, 0.717) is 5.92 Å². The highest BCUT2D eigenvalue weighted by Crippen LogP contribution is 2.27. The highest BCUT2D eigenvalue weighted by atomic mass is 127. The van der Waals surface area contributed by atoms with Crippen LogP contribution in [-0.2, 0) is 6.42 Å². The number of rotatable bonds is 3. The van der Waals surface area contributed by atoms with Crippen LogP contribution in [0.15, 0.2) is 24.3 Å². The summed E-state index contributed by atoms with van der Waals surface area (Å²) in [5.41, 5.74) is 0.626. The zero-order valence-electron chi connectivity index (χ0n) is 10.2. The molecule has 2 nitrogen and oxygen atoms in total. The summed E-state index contributed by atoms with van der Waals surface area (Å²) in [4.78, 5) is 0. The zero-order valence-corrected chi connectivity index (χ0v) is 12.4. The molecule has 3 heteroatoms. The van der Waals surface area contributed by atoms with E-state index < -0.39 is 5.60 Å². The van der Waals surface area contributed by atoms with Crippen molar-refractivity contribution in [3.05, 3.63) is 33.4 Å². The highest BCUT2D eigenvalue weighted by Gasteiger charge is 2.32. The van der Waals surface area contributed by atoms with Gasteiger partial charge in [-0.05, 0) is 66.6 Å². The van der Waals surface area contributed by atoms with Crippen molar-refractivity contribution in [2.45, 2.75) is 31.8 Å². The molecule has 2 atom stereocenters. The summed E-state index contributed by atoms with van der Waals surface area (Å²) < 4.78 is 1.24. The third-order valence-corrected chi connectivity index (χ3v) is 4.37. The molecule has 0 spiro atoms. The van der Waals surface area contributed by atoms with Gasteiger partial charge in [-0.3, -0.25) is 0 Å². The molecule has 1 aromatic rings. The quantitative estimate of drug-likeness (QED) is 0.826. The maximum absolute atomic E-state index is 10.6. The van der Waals surface area contributed by atoms with Crippen LogP contribution in [-0.4, -0.2) is 23.8 Å². The number of nitrogens with one attached hydrogen (secondary N) is 1. The molecule has 1 aliphatic heterocycles. The Morgan fingerprint density at radius 1 is 1.41 bits per heavy atom. The molecule has 1 aromatic carbocycles. The van der Waals surface area contributed by atoms with E-state index in [1.807, 2.05) is 6.92 Å².